The molecular weight excluding hydrogens is 396 g/mol. The van der Waals surface area contributed by atoms with Crippen LogP contribution in [0.3, 0.4) is 0 Å². The summed E-state index contributed by atoms with van der Waals surface area (Å²) in [4.78, 5) is 12.5. The second kappa shape index (κ2) is 13.0. The summed E-state index contributed by atoms with van der Waals surface area (Å²) >= 11 is 0. The molecular formula is C21H40O9. The highest BCUT2D eigenvalue weighted by Gasteiger charge is 2.57. The van der Waals surface area contributed by atoms with Gasteiger partial charge >= 0.3 is 0 Å². The van der Waals surface area contributed by atoms with Crippen LogP contribution < -0.4 is 0 Å². The second-order valence-corrected chi connectivity index (χ2v) is 8.16. The van der Waals surface area contributed by atoms with Crippen molar-refractivity contribution in [3.8, 4) is 0 Å². The Kier molecular flexibility index (Phi) is 11.9. The van der Waals surface area contributed by atoms with Crippen molar-refractivity contribution in [2.75, 3.05) is 6.61 Å². The van der Waals surface area contributed by atoms with E-state index in [1.54, 1.807) is 0 Å². The number of Topliss-reactive ketones (excluding diaryl/α,β-unsaturated/α-hetero) is 1. The summed E-state index contributed by atoms with van der Waals surface area (Å²) < 4.78 is 10.3. The average Bonchev–Trinajstić information content (AvgIpc) is 2.72. The maximum Gasteiger partial charge on any atom is 0.245 e. The standard InChI is InChI=1S/C21H40O9/c1-3-5-6-7-8-9-10-11-12-13-16(23)20(26,4-2)30-19-21(27,28)18(25)17(24)15(14-22)29-19/h15,17-19,22,24-28H,3-14H2,1-2H3/t15-,17-,18+,19-,20?/m1/s1. The maximum absolute atomic E-state index is 12.5. The molecule has 6 N–H and O–H groups in total. The van der Waals surface area contributed by atoms with E-state index in [0.29, 0.717) is 6.42 Å². The van der Waals surface area contributed by atoms with Gasteiger partial charge in [0.2, 0.25) is 17.9 Å². The molecule has 0 aliphatic carbocycles. The zero-order valence-electron chi connectivity index (χ0n) is 18.2. The Balaban J connectivity index is 2.52. The van der Waals surface area contributed by atoms with E-state index in [1.165, 1.54) is 39.0 Å². The molecule has 0 radical (unpaired) electrons. The molecule has 5 atom stereocenters. The SMILES string of the molecule is CCCCCCCCCCCC(=O)C(O)(CC)O[C@H]1O[C@H](CO)[C@@H](O)[C@H](O)C1(O)O. The van der Waals surface area contributed by atoms with Crippen molar-refractivity contribution in [1.82, 2.24) is 0 Å². The number of unbranched alkanes of at least 4 members (excludes halogenated alkanes) is 8. The van der Waals surface area contributed by atoms with Crippen LogP contribution in [0, 0.1) is 0 Å². The molecule has 0 spiro atoms. The summed E-state index contributed by atoms with van der Waals surface area (Å²) in [6, 6.07) is 0. The van der Waals surface area contributed by atoms with E-state index in [-0.39, 0.29) is 12.8 Å². The highest BCUT2D eigenvalue weighted by Crippen LogP contribution is 2.32. The highest BCUT2D eigenvalue weighted by molar-refractivity contribution is 5.85. The van der Waals surface area contributed by atoms with Crippen LogP contribution in [0.5, 0.6) is 0 Å². The van der Waals surface area contributed by atoms with Crippen LogP contribution in [-0.4, -0.2) is 79.2 Å². The van der Waals surface area contributed by atoms with Crippen LogP contribution in [0.2, 0.25) is 0 Å². The molecule has 1 unspecified atom stereocenters. The third kappa shape index (κ3) is 7.49. The molecule has 0 aromatic heterocycles. The molecule has 0 bridgehead atoms. The van der Waals surface area contributed by atoms with Crippen LogP contribution in [0.1, 0.15) is 84.5 Å². The number of carbonyl (C=O) groups excluding carboxylic acids is 1. The van der Waals surface area contributed by atoms with Gasteiger partial charge in [0, 0.05) is 12.8 Å². The van der Waals surface area contributed by atoms with Gasteiger partial charge in [-0.3, -0.25) is 4.79 Å². The van der Waals surface area contributed by atoms with E-state index in [9.17, 15) is 35.4 Å². The zero-order chi connectivity index (χ0) is 22.8. The summed E-state index contributed by atoms with van der Waals surface area (Å²) in [6.45, 7) is 2.93. The van der Waals surface area contributed by atoms with Gasteiger partial charge in [-0.15, -0.1) is 0 Å². The summed E-state index contributed by atoms with van der Waals surface area (Å²) in [6.07, 6.45) is 2.16. The number of aliphatic hydroxyl groups is 6. The molecule has 1 rings (SSSR count). The van der Waals surface area contributed by atoms with Gasteiger partial charge < -0.3 is 40.1 Å². The lowest BCUT2D eigenvalue weighted by atomic mass is 9.95. The van der Waals surface area contributed by atoms with Gasteiger partial charge in [0.25, 0.3) is 0 Å². The van der Waals surface area contributed by atoms with Crippen molar-refractivity contribution in [1.29, 1.82) is 0 Å². The molecule has 1 heterocycles. The van der Waals surface area contributed by atoms with E-state index < -0.39 is 48.6 Å². The summed E-state index contributed by atoms with van der Waals surface area (Å²) in [5, 5.41) is 59.7. The Bertz CT molecular complexity index is 499. The summed E-state index contributed by atoms with van der Waals surface area (Å²) in [5.41, 5.74) is 0. The number of aliphatic hydroxyl groups excluding tert-OH is 3. The van der Waals surface area contributed by atoms with Gasteiger partial charge in [0.1, 0.15) is 18.3 Å². The van der Waals surface area contributed by atoms with Crippen LogP contribution in [0.25, 0.3) is 0 Å². The fourth-order valence-electron chi connectivity index (χ4n) is 3.51. The minimum absolute atomic E-state index is 0.0470. The van der Waals surface area contributed by atoms with Crippen molar-refractivity contribution < 1.29 is 44.9 Å². The third-order valence-electron chi connectivity index (χ3n) is 5.69. The van der Waals surface area contributed by atoms with E-state index in [4.69, 9.17) is 9.47 Å². The number of hydrogen-bond acceptors (Lipinski definition) is 9. The number of ether oxygens (including phenoxy) is 2. The van der Waals surface area contributed by atoms with Crippen LogP contribution in [0.4, 0.5) is 0 Å². The molecule has 178 valence electrons. The largest absolute Gasteiger partial charge is 0.394 e. The Morgan fingerprint density at radius 1 is 1.00 bits per heavy atom. The van der Waals surface area contributed by atoms with Crippen LogP contribution in [-0.2, 0) is 14.3 Å². The molecule has 9 nitrogen and oxygen atoms in total. The first-order chi connectivity index (χ1) is 14.1. The lowest BCUT2D eigenvalue weighted by Crippen LogP contribution is -2.68. The first kappa shape index (κ1) is 27.4. The van der Waals surface area contributed by atoms with E-state index >= 15 is 0 Å². The van der Waals surface area contributed by atoms with E-state index in [0.717, 1.165) is 19.3 Å². The number of carbonyl (C=O) groups is 1. The third-order valence-corrected chi connectivity index (χ3v) is 5.69. The lowest BCUT2D eigenvalue weighted by Gasteiger charge is -2.46. The first-order valence-corrected chi connectivity index (χ1v) is 11.1. The average molecular weight is 437 g/mol. The number of ketones is 1. The van der Waals surface area contributed by atoms with Gasteiger partial charge in [-0.1, -0.05) is 65.2 Å². The van der Waals surface area contributed by atoms with Gasteiger partial charge in [0.15, 0.2) is 5.78 Å². The Morgan fingerprint density at radius 3 is 2.03 bits per heavy atom. The number of hydrogen-bond donors (Lipinski definition) is 6. The molecule has 1 aliphatic rings. The monoisotopic (exact) mass is 436 g/mol. The molecule has 1 fully saturated rings. The van der Waals surface area contributed by atoms with Gasteiger partial charge in [0.05, 0.1) is 6.61 Å². The topological polar surface area (TPSA) is 157 Å². The van der Waals surface area contributed by atoms with E-state index in [1.807, 2.05) is 0 Å². The minimum atomic E-state index is -3.08. The molecule has 1 aliphatic heterocycles. The molecule has 0 aromatic carbocycles. The van der Waals surface area contributed by atoms with Crippen LogP contribution in [0.15, 0.2) is 0 Å². The Morgan fingerprint density at radius 2 is 1.53 bits per heavy atom. The van der Waals surface area contributed by atoms with Crippen molar-refractivity contribution in [2.24, 2.45) is 0 Å². The Hall–Kier alpha value is -0.650. The number of rotatable bonds is 15. The van der Waals surface area contributed by atoms with Crippen molar-refractivity contribution in [2.45, 2.75) is 121 Å². The van der Waals surface area contributed by atoms with Gasteiger partial charge in [-0.05, 0) is 6.42 Å². The fourth-order valence-corrected chi connectivity index (χ4v) is 3.51. The zero-order valence-corrected chi connectivity index (χ0v) is 18.2. The molecule has 0 saturated carbocycles. The molecule has 1 saturated heterocycles. The van der Waals surface area contributed by atoms with Gasteiger partial charge in [-0.25, -0.2) is 0 Å². The molecule has 9 heteroatoms. The first-order valence-electron chi connectivity index (χ1n) is 11.1. The predicted molar refractivity (Wildman–Crippen MR) is 108 cm³/mol. The molecule has 0 aromatic rings. The molecule has 30 heavy (non-hydrogen) atoms. The van der Waals surface area contributed by atoms with Gasteiger partial charge in [-0.2, -0.15) is 0 Å². The quantitative estimate of drug-likeness (QED) is 0.161. The smallest absolute Gasteiger partial charge is 0.245 e. The summed E-state index contributed by atoms with van der Waals surface area (Å²) in [5.74, 6) is -6.05. The second-order valence-electron chi connectivity index (χ2n) is 8.16. The van der Waals surface area contributed by atoms with Crippen LogP contribution >= 0.6 is 0 Å². The Labute approximate surface area is 178 Å². The van der Waals surface area contributed by atoms with Crippen molar-refractivity contribution in [3.05, 3.63) is 0 Å². The summed E-state index contributed by atoms with van der Waals surface area (Å²) in [7, 11) is 0. The minimum Gasteiger partial charge on any atom is -0.394 e. The van der Waals surface area contributed by atoms with E-state index in [2.05, 4.69) is 6.92 Å². The predicted octanol–water partition coefficient (Wildman–Crippen LogP) is 0.711. The molecule has 0 amide bonds. The maximum atomic E-state index is 12.5. The van der Waals surface area contributed by atoms with Crippen molar-refractivity contribution in [3.63, 3.8) is 0 Å². The lowest BCUT2D eigenvalue weighted by molar-refractivity contribution is -0.431. The fraction of sp³-hybridized carbons (Fsp3) is 0.952. The normalized spacial score (nSPS) is 28.3. The van der Waals surface area contributed by atoms with Crippen molar-refractivity contribution >= 4 is 5.78 Å². The highest BCUT2D eigenvalue weighted by atomic mass is 16.8.